The van der Waals surface area contributed by atoms with Gasteiger partial charge in [0.05, 0.1) is 0 Å². The Morgan fingerprint density at radius 2 is 2.14 bits per heavy atom. The molecule has 0 aromatic rings. The maximum Gasteiger partial charge on any atom is 0.0490 e. The van der Waals surface area contributed by atoms with Gasteiger partial charge in [-0.2, -0.15) is 0 Å². The maximum atomic E-state index is 5.60. The molecule has 0 N–H and O–H groups in total. The summed E-state index contributed by atoms with van der Waals surface area (Å²) in [6, 6.07) is 6.05. The summed E-state index contributed by atoms with van der Waals surface area (Å²) < 4.78 is 0. The smallest absolute Gasteiger partial charge is 0.0490 e. The second-order valence-corrected chi connectivity index (χ2v) is 2.10. The van der Waals surface area contributed by atoms with Crippen molar-refractivity contribution < 1.29 is 0 Å². The molecule has 0 saturated carbocycles. The van der Waals surface area contributed by atoms with Gasteiger partial charge >= 0.3 is 0 Å². The lowest BCUT2D eigenvalue weighted by Crippen LogP contribution is -1.84. The lowest BCUT2D eigenvalue weighted by atomic mass is 10.1. The van der Waals surface area contributed by atoms with Gasteiger partial charge in [0, 0.05) is 10.2 Å². The Labute approximate surface area is 46.0 Å². The van der Waals surface area contributed by atoms with Gasteiger partial charge in [0.25, 0.3) is 0 Å². The van der Waals surface area contributed by atoms with Crippen LogP contribution in [-0.4, -0.2) is 0 Å². The molecule has 0 radical (unpaired) electrons. The van der Waals surface area contributed by atoms with Crippen molar-refractivity contribution in [2.24, 2.45) is 0 Å². The highest BCUT2D eigenvalue weighted by atomic mass is 35.5. The molecule has 0 spiro atoms. The molecule has 0 amide bonds. The first-order chi connectivity index (χ1) is 3.38. The highest BCUT2D eigenvalue weighted by molar-refractivity contribution is 6.31. The van der Waals surface area contributed by atoms with Crippen molar-refractivity contribution in [3.63, 3.8) is 0 Å². The van der Waals surface area contributed by atoms with E-state index in [1.54, 1.807) is 0 Å². The number of benzene rings is 1. The van der Waals surface area contributed by atoms with Crippen LogP contribution in [0.5, 0.6) is 0 Å². The van der Waals surface area contributed by atoms with Crippen LogP contribution < -0.4 is 0 Å². The lowest BCUT2D eigenvalue weighted by molar-refractivity contribution is 1.38. The summed E-state index contributed by atoms with van der Waals surface area (Å²) in [5, 5.41) is 3.46. The molecule has 0 atom stereocenters. The van der Waals surface area contributed by atoms with Crippen molar-refractivity contribution in [2.45, 2.75) is 0 Å². The summed E-state index contributed by atoms with van der Waals surface area (Å²) in [7, 11) is 0. The maximum absolute atomic E-state index is 5.60. The van der Waals surface area contributed by atoms with E-state index in [0.717, 1.165) is 5.02 Å². The minimum atomic E-state index is 0.914. The van der Waals surface area contributed by atoms with Crippen molar-refractivity contribution in [3.8, 4) is 0 Å². The van der Waals surface area contributed by atoms with E-state index < -0.39 is 0 Å². The van der Waals surface area contributed by atoms with E-state index in [4.69, 9.17) is 11.6 Å². The van der Waals surface area contributed by atoms with E-state index in [1.165, 1.54) is 10.4 Å². The minimum Gasteiger partial charge on any atom is -0.0836 e. The van der Waals surface area contributed by atoms with Crippen LogP contribution in [-0.2, 0) is 0 Å². The third-order valence-electron chi connectivity index (χ3n) is 1.28. The van der Waals surface area contributed by atoms with Crippen molar-refractivity contribution in [1.29, 1.82) is 0 Å². The second-order valence-electron chi connectivity index (χ2n) is 1.69. The standard InChI is InChI=1S/C6H3Cl/c7-6-3-4-1-2-5(4)6/h1-3H. The van der Waals surface area contributed by atoms with Gasteiger partial charge in [0.2, 0.25) is 0 Å². The Bertz CT molecular complexity index is 288. The molecular formula is C6H3Cl. The van der Waals surface area contributed by atoms with E-state index >= 15 is 0 Å². The molecule has 2 aliphatic carbocycles. The molecule has 0 aromatic carbocycles. The number of halogens is 1. The molecule has 0 aliphatic heterocycles. The first-order valence-electron chi connectivity index (χ1n) is 2.18. The van der Waals surface area contributed by atoms with Crippen molar-refractivity contribution >= 4 is 11.6 Å². The summed E-state index contributed by atoms with van der Waals surface area (Å²) in [5.41, 5.74) is 0. The minimum absolute atomic E-state index is 0.914. The molecular weight excluding hydrogens is 108 g/mol. The molecule has 0 saturated heterocycles. The third kappa shape index (κ3) is 0.249. The van der Waals surface area contributed by atoms with Crippen molar-refractivity contribution in [2.75, 3.05) is 0 Å². The van der Waals surface area contributed by atoms with Gasteiger partial charge in [-0.25, -0.2) is 0 Å². The van der Waals surface area contributed by atoms with E-state index in [-0.39, 0.29) is 0 Å². The highest BCUT2D eigenvalue weighted by Crippen LogP contribution is 2.20. The summed E-state index contributed by atoms with van der Waals surface area (Å²) in [6.07, 6.45) is 0. The largest absolute Gasteiger partial charge is 0.0836 e. The normalized spacial score (nSPS) is 11.6. The zero-order valence-corrected chi connectivity index (χ0v) is 4.37. The fourth-order valence-electron chi connectivity index (χ4n) is 0.743. The number of hydrogen-bond donors (Lipinski definition) is 0. The third-order valence-corrected chi connectivity index (χ3v) is 1.59. The summed E-state index contributed by atoms with van der Waals surface area (Å²) >= 11 is 5.60. The Morgan fingerprint density at radius 1 is 1.29 bits per heavy atom. The van der Waals surface area contributed by atoms with Gasteiger partial charge in [-0.1, -0.05) is 23.7 Å². The molecule has 0 unspecified atom stereocenters. The summed E-state index contributed by atoms with van der Waals surface area (Å²) in [4.78, 5) is 0. The number of rotatable bonds is 0. The van der Waals surface area contributed by atoms with Crippen molar-refractivity contribution in [1.82, 2.24) is 0 Å². The van der Waals surface area contributed by atoms with Crippen molar-refractivity contribution in [3.05, 3.63) is 33.7 Å². The second kappa shape index (κ2) is 0.846. The Kier molecular flexibility index (Phi) is 0.424. The van der Waals surface area contributed by atoms with Gasteiger partial charge in [-0.05, 0) is 11.3 Å². The van der Waals surface area contributed by atoms with Gasteiger partial charge in [-0.3, -0.25) is 0 Å². The topological polar surface area (TPSA) is 0 Å². The van der Waals surface area contributed by atoms with Crippen LogP contribution in [0.15, 0.2) is 18.2 Å². The average molecular weight is 111 g/mol. The van der Waals surface area contributed by atoms with E-state index in [0.29, 0.717) is 0 Å². The zero-order valence-electron chi connectivity index (χ0n) is 3.61. The van der Waals surface area contributed by atoms with Crippen LogP contribution in [0, 0.1) is 10.4 Å². The molecule has 0 nitrogen and oxygen atoms in total. The summed E-state index contributed by atoms with van der Waals surface area (Å²) in [6.45, 7) is 0. The van der Waals surface area contributed by atoms with Gasteiger partial charge in [-0.15, -0.1) is 0 Å². The van der Waals surface area contributed by atoms with Crippen LogP contribution in [0.25, 0.3) is 0 Å². The number of hydrogen-bond acceptors (Lipinski definition) is 0. The van der Waals surface area contributed by atoms with Gasteiger partial charge in [0.1, 0.15) is 0 Å². The quantitative estimate of drug-likeness (QED) is 0.486. The SMILES string of the molecule is Clc1cc2ccc1=2. The molecule has 2 rings (SSSR count). The molecule has 2 aliphatic rings. The van der Waals surface area contributed by atoms with Gasteiger partial charge < -0.3 is 0 Å². The first kappa shape index (κ1) is 3.50. The van der Waals surface area contributed by atoms with Crippen LogP contribution in [0.2, 0.25) is 5.02 Å². The van der Waals surface area contributed by atoms with E-state index in [1.807, 2.05) is 12.1 Å². The zero-order chi connectivity index (χ0) is 4.85. The molecule has 1 heteroatoms. The Balaban J connectivity index is 3.02. The molecule has 0 heterocycles. The molecule has 0 aromatic heterocycles. The fraction of sp³-hybridized carbons (Fsp3) is 0. The highest BCUT2D eigenvalue weighted by Gasteiger charge is 1.99. The predicted molar refractivity (Wildman–Crippen MR) is 29.1 cm³/mol. The first-order valence-corrected chi connectivity index (χ1v) is 2.55. The Morgan fingerprint density at radius 3 is 2.14 bits per heavy atom. The average Bonchev–Trinajstić information content (AvgIpc) is 1.59. The van der Waals surface area contributed by atoms with Crippen LogP contribution in [0.3, 0.4) is 0 Å². The molecule has 0 bridgehead atoms. The van der Waals surface area contributed by atoms with Gasteiger partial charge in [0.15, 0.2) is 0 Å². The lowest BCUT2D eigenvalue weighted by Gasteiger charge is -2.01. The molecule has 7 heavy (non-hydrogen) atoms. The monoisotopic (exact) mass is 110 g/mol. The molecule has 0 fully saturated rings. The predicted octanol–water partition coefficient (Wildman–Crippen LogP) is 1.94. The molecule has 34 valence electrons. The van der Waals surface area contributed by atoms with E-state index in [9.17, 15) is 0 Å². The fourth-order valence-corrected chi connectivity index (χ4v) is 1.03. The van der Waals surface area contributed by atoms with Crippen LogP contribution >= 0.6 is 11.6 Å². The van der Waals surface area contributed by atoms with Crippen LogP contribution in [0.1, 0.15) is 0 Å². The van der Waals surface area contributed by atoms with E-state index in [2.05, 4.69) is 6.07 Å². The summed E-state index contributed by atoms with van der Waals surface area (Å²) in [5.74, 6) is 0. The van der Waals surface area contributed by atoms with Crippen LogP contribution in [0.4, 0.5) is 0 Å². The Hall–Kier alpha value is -0.490.